The lowest BCUT2D eigenvalue weighted by Gasteiger charge is -2.11. The van der Waals surface area contributed by atoms with Crippen LogP contribution in [0.15, 0.2) is 66.7 Å². The number of rotatable bonds is 2. The SMILES string of the molecule is Cc1ccc(-n2c(-c3ccccc3Cl)nc3nc4ccccc4nc32)cc1F. The van der Waals surface area contributed by atoms with Crippen molar-refractivity contribution in [2.75, 3.05) is 0 Å². The number of aryl methyl sites for hydroxylation is 1. The molecule has 0 saturated heterocycles. The third-order valence-corrected chi connectivity index (χ3v) is 5.03. The Balaban J connectivity index is 1.91. The second-order valence-corrected chi connectivity index (χ2v) is 6.95. The van der Waals surface area contributed by atoms with Crippen LogP contribution in [0, 0.1) is 12.7 Å². The van der Waals surface area contributed by atoms with E-state index in [1.165, 1.54) is 6.07 Å². The van der Waals surface area contributed by atoms with Crippen molar-refractivity contribution in [1.29, 1.82) is 0 Å². The van der Waals surface area contributed by atoms with Crippen molar-refractivity contribution in [3.63, 3.8) is 0 Å². The van der Waals surface area contributed by atoms with Crippen molar-refractivity contribution in [3.8, 4) is 17.1 Å². The molecule has 0 aliphatic carbocycles. The average Bonchev–Trinajstić information content (AvgIpc) is 3.06. The largest absolute Gasteiger partial charge is 0.275 e. The second-order valence-electron chi connectivity index (χ2n) is 6.54. The summed E-state index contributed by atoms with van der Waals surface area (Å²) in [5, 5.41) is 0.552. The number of hydrogen-bond donors (Lipinski definition) is 0. The molecular weight excluding hydrogens is 375 g/mol. The zero-order valence-electron chi connectivity index (χ0n) is 14.9. The quantitative estimate of drug-likeness (QED) is 0.387. The summed E-state index contributed by atoms with van der Waals surface area (Å²) in [6.07, 6.45) is 0. The predicted octanol–water partition coefficient (Wildman–Crippen LogP) is 5.74. The molecule has 136 valence electrons. The molecule has 0 atom stereocenters. The Morgan fingerprint density at radius 3 is 2.32 bits per heavy atom. The van der Waals surface area contributed by atoms with Crippen molar-refractivity contribution in [2.24, 2.45) is 0 Å². The highest BCUT2D eigenvalue weighted by Gasteiger charge is 2.19. The van der Waals surface area contributed by atoms with Gasteiger partial charge < -0.3 is 0 Å². The Hall–Kier alpha value is -3.31. The molecule has 0 N–H and O–H groups in total. The normalized spacial score (nSPS) is 11.4. The molecule has 4 nitrogen and oxygen atoms in total. The molecule has 0 spiro atoms. The summed E-state index contributed by atoms with van der Waals surface area (Å²) in [6.45, 7) is 1.73. The van der Waals surface area contributed by atoms with Crippen molar-refractivity contribution in [1.82, 2.24) is 19.5 Å². The molecule has 5 rings (SSSR count). The first-order valence-electron chi connectivity index (χ1n) is 8.78. The number of benzene rings is 3. The van der Waals surface area contributed by atoms with E-state index >= 15 is 0 Å². The van der Waals surface area contributed by atoms with E-state index in [0.717, 1.165) is 16.6 Å². The van der Waals surface area contributed by atoms with Gasteiger partial charge in [-0.1, -0.05) is 41.9 Å². The molecule has 3 aromatic carbocycles. The summed E-state index contributed by atoms with van der Waals surface area (Å²) < 4.78 is 16.1. The minimum atomic E-state index is -0.293. The number of imidazole rings is 1. The lowest BCUT2D eigenvalue weighted by atomic mass is 10.2. The van der Waals surface area contributed by atoms with Gasteiger partial charge in [-0.2, -0.15) is 0 Å². The van der Waals surface area contributed by atoms with Crippen LogP contribution in [0.2, 0.25) is 5.02 Å². The molecule has 5 aromatic rings. The first-order valence-corrected chi connectivity index (χ1v) is 9.16. The Morgan fingerprint density at radius 2 is 1.57 bits per heavy atom. The van der Waals surface area contributed by atoms with E-state index in [0.29, 0.717) is 33.4 Å². The maximum Gasteiger partial charge on any atom is 0.199 e. The number of fused-ring (bicyclic) bond motifs is 2. The number of halogens is 2. The van der Waals surface area contributed by atoms with Crippen molar-refractivity contribution < 1.29 is 4.39 Å². The minimum absolute atomic E-state index is 0.293. The van der Waals surface area contributed by atoms with E-state index in [-0.39, 0.29) is 5.82 Å². The van der Waals surface area contributed by atoms with Crippen LogP contribution in [0.1, 0.15) is 5.56 Å². The van der Waals surface area contributed by atoms with Gasteiger partial charge in [0.2, 0.25) is 0 Å². The van der Waals surface area contributed by atoms with Crippen molar-refractivity contribution >= 4 is 33.9 Å². The highest BCUT2D eigenvalue weighted by Crippen LogP contribution is 2.32. The van der Waals surface area contributed by atoms with Gasteiger partial charge in [-0.05, 0) is 48.9 Å². The molecule has 2 aromatic heterocycles. The number of hydrogen-bond acceptors (Lipinski definition) is 3. The molecular formula is C22H14ClFN4. The van der Waals surface area contributed by atoms with Gasteiger partial charge in [0.1, 0.15) is 11.6 Å². The van der Waals surface area contributed by atoms with Gasteiger partial charge in [-0.3, -0.25) is 4.57 Å². The molecule has 2 heterocycles. The molecule has 0 aliphatic rings. The fourth-order valence-corrected chi connectivity index (χ4v) is 3.47. The maximum absolute atomic E-state index is 14.3. The van der Waals surface area contributed by atoms with Crippen LogP contribution in [0.25, 0.3) is 39.4 Å². The highest BCUT2D eigenvalue weighted by molar-refractivity contribution is 6.33. The Kier molecular flexibility index (Phi) is 3.84. The summed E-state index contributed by atoms with van der Waals surface area (Å²) in [5.41, 5.74) is 4.45. The van der Waals surface area contributed by atoms with E-state index in [9.17, 15) is 4.39 Å². The summed E-state index contributed by atoms with van der Waals surface area (Å²) in [5.74, 6) is 0.275. The Morgan fingerprint density at radius 1 is 0.857 bits per heavy atom. The molecule has 0 bridgehead atoms. The lowest BCUT2D eigenvalue weighted by Crippen LogP contribution is -2.01. The average molecular weight is 389 g/mol. The summed E-state index contributed by atoms with van der Waals surface area (Å²) in [4.78, 5) is 14.1. The zero-order chi connectivity index (χ0) is 19.3. The monoisotopic (exact) mass is 388 g/mol. The standard InChI is InChI=1S/C22H14ClFN4/c1-13-10-11-14(12-17(13)24)28-21(15-6-2-3-7-16(15)23)27-20-22(28)26-19-9-5-4-8-18(19)25-20/h2-12H,1H3. The van der Waals surface area contributed by atoms with Crippen LogP contribution >= 0.6 is 11.6 Å². The third-order valence-electron chi connectivity index (χ3n) is 4.70. The Labute approximate surface area is 165 Å². The van der Waals surface area contributed by atoms with Crippen LogP contribution in [0.3, 0.4) is 0 Å². The summed E-state index contributed by atoms with van der Waals surface area (Å²) in [6, 6.07) is 20.1. The smallest absolute Gasteiger partial charge is 0.199 e. The van der Waals surface area contributed by atoms with Crippen molar-refractivity contribution in [3.05, 3.63) is 83.1 Å². The van der Waals surface area contributed by atoms with E-state index < -0.39 is 0 Å². The van der Waals surface area contributed by atoms with Crippen LogP contribution in [0.5, 0.6) is 0 Å². The number of nitrogens with zero attached hydrogens (tertiary/aromatic N) is 4. The summed E-state index contributed by atoms with van der Waals surface area (Å²) in [7, 11) is 0. The zero-order valence-corrected chi connectivity index (χ0v) is 15.7. The third kappa shape index (κ3) is 2.63. The second kappa shape index (κ2) is 6.39. The van der Waals surface area contributed by atoms with E-state index in [2.05, 4.69) is 4.98 Å². The van der Waals surface area contributed by atoms with Crippen LogP contribution < -0.4 is 0 Å². The van der Waals surface area contributed by atoms with Crippen molar-refractivity contribution in [2.45, 2.75) is 6.92 Å². The van der Waals surface area contributed by atoms with Gasteiger partial charge in [0, 0.05) is 5.56 Å². The number of aromatic nitrogens is 4. The molecule has 0 unspecified atom stereocenters. The van der Waals surface area contributed by atoms with E-state index in [1.807, 2.05) is 48.5 Å². The van der Waals surface area contributed by atoms with E-state index in [1.54, 1.807) is 23.6 Å². The summed E-state index contributed by atoms with van der Waals surface area (Å²) >= 11 is 6.44. The van der Waals surface area contributed by atoms with Crippen LogP contribution in [-0.2, 0) is 0 Å². The lowest BCUT2D eigenvalue weighted by molar-refractivity contribution is 0.617. The molecule has 0 radical (unpaired) electrons. The minimum Gasteiger partial charge on any atom is -0.275 e. The van der Waals surface area contributed by atoms with Gasteiger partial charge in [0.05, 0.1) is 21.7 Å². The van der Waals surface area contributed by atoms with E-state index in [4.69, 9.17) is 21.6 Å². The molecule has 0 aliphatic heterocycles. The highest BCUT2D eigenvalue weighted by atomic mass is 35.5. The van der Waals surface area contributed by atoms with Gasteiger partial charge in [0.25, 0.3) is 0 Å². The maximum atomic E-state index is 14.3. The fourth-order valence-electron chi connectivity index (χ4n) is 3.25. The molecule has 6 heteroatoms. The predicted molar refractivity (Wildman–Crippen MR) is 109 cm³/mol. The Bertz CT molecular complexity index is 1360. The van der Waals surface area contributed by atoms with Crippen LogP contribution in [0.4, 0.5) is 4.39 Å². The first-order chi connectivity index (χ1) is 13.6. The fraction of sp³-hybridized carbons (Fsp3) is 0.0455. The molecule has 0 saturated carbocycles. The van der Waals surface area contributed by atoms with Gasteiger partial charge in [0.15, 0.2) is 11.3 Å². The molecule has 28 heavy (non-hydrogen) atoms. The molecule has 0 amide bonds. The van der Waals surface area contributed by atoms with Crippen LogP contribution in [-0.4, -0.2) is 19.5 Å². The first kappa shape index (κ1) is 16.8. The topological polar surface area (TPSA) is 43.6 Å². The van der Waals surface area contributed by atoms with Gasteiger partial charge >= 0.3 is 0 Å². The van der Waals surface area contributed by atoms with Gasteiger partial charge in [-0.15, -0.1) is 0 Å². The molecule has 0 fully saturated rings. The number of para-hydroxylation sites is 2. The van der Waals surface area contributed by atoms with Gasteiger partial charge in [-0.25, -0.2) is 19.3 Å².